The molecule has 2 aromatic rings. The largest absolute Gasteiger partial charge is 0.443 e. The van der Waals surface area contributed by atoms with Crippen LogP contribution < -0.4 is 0 Å². The maximum Gasteiger partial charge on any atom is 0.419 e. The summed E-state index contributed by atoms with van der Waals surface area (Å²) >= 11 is 0. The molecule has 2 rings (SSSR count). The van der Waals surface area contributed by atoms with Crippen LogP contribution in [0.5, 0.6) is 0 Å². The van der Waals surface area contributed by atoms with Crippen molar-refractivity contribution in [1.29, 1.82) is 0 Å². The van der Waals surface area contributed by atoms with Crippen LogP contribution in [0.25, 0.3) is 10.9 Å². The molecule has 0 aliphatic rings. The van der Waals surface area contributed by atoms with Crippen molar-refractivity contribution in [1.82, 2.24) is 4.57 Å². The monoisotopic (exact) mass is 453 g/mol. The van der Waals surface area contributed by atoms with E-state index >= 15 is 0 Å². The molecule has 4 nitrogen and oxygen atoms in total. The minimum atomic E-state index is -1.92. The Balaban J connectivity index is 2.46. The van der Waals surface area contributed by atoms with E-state index in [1.807, 2.05) is 45.0 Å². The SMILES string of the molecule is CC(C)[Si](C#CC(C=O)Cc1cn(C(=O)OC(C)(C)C)c2ccccc12)(C(C)C)C(C)C. The van der Waals surface area contributed by atoms with Crippen molar-refractivity contribution in [2.24, 2.45) is 5.92 Å². The Kier molecular flexibility index (Phi) is 8.17. The lowest BCUT2D eigenvalue weighted by Gasteiger charge is -2.38. The summed E-state index contributed by atoms with van der Waals surface area (Å²) in [6, 6.07) is 7.73. The normalized spacial score (nSPS) is 13.4. The molecule has 0 amide bonds. The molecule has 0 saturated heterocycles. The highest BCUT2D eigenvalue weighted by Gasteiger charge is 2.41. The van der Waals surface area contributed by atoms with E-state index in [-0.39, 0.29) is 0 Å². The van der Waals surface area contributed by atoms with E-state index in [4.69, 9.17) is 4.74 Å². The van der Waals surface area contributed by atoms with Gasteiger partial charge in [-0.2, -0.15) is 0 Å². The van der Waals surface area contributed by atoms with Gasteiger partial charge in [0.25, 0.3) is 0 Å². The Morgan fingerprint density at radius 2 is 1.62 bits per heavy atom. The fourth-order valence-electron chi connectivity index (χ4n) is 4.90. The summed E-state index contributed by atoms with van der Waals surface area (Å²) in [7, 11) is -1.92. The Labute approximate surface area is 194 Å². The molecule has 174 valence electrons. The van der Waals surface area contributed by atoms with E-state index in [2.05, 4.69) is 53.0 Å². The summed E-state index contributed by atoms with van der Waals surface area (Å²) in [5, 5.41) is 0.951. The highest BCUT2D eigenvalue weighted by atomic mass is 28.3. The number of benzene rings is 1. The molecule has 0 aliphatic carbocycles. The van der Waals surface area contributed by atoms with Crippen molar-refractivity contribution in [3.05, 3.63) is 36.0 Å². The number of rotatable bonds is 6. The summed E-state index contributed by atoms with van der Waals surface area (Å²) in [5.74, 6) is 2.96. The molecule has 0 N–H and O–H groups in total. The van der Waals surface area contributed by atoms with Crippen molar-refractivity contribution in [2.45, 2.75) is 91.0 Å². The molecule has 1 heterocycles. The number of aromatic nitrogens is 1. The third-order valence-electron chi connectivity index (χ3n) is 6.33. The van der Waals surface area contributed by atoms with Crippen LogP contribution in [-0.4, -0.2) is 30.6 Å². The molecule has 1 aromatic carbocycles. The number of aldehydes is 1. The molecule has 0 saturated carbocycles. The van der Waals surface area contributed by atoms with Crippen molar-refractivity contribution in [3.8, 4) is 11.5 Å². The van der Waals surface area contributed by atoms with Gasteiger partial charge in [-0.3, -0.25) is 4.57 Å². The number of carbonyl (C=O) groups is 2. The van der Waals surface area contributed by atoms with E-state index in [0.717, 1.165) is 22.8 Å². The molecule has 1 aromatic heterocycles. The van der Waals surface area contributed by atoms with Gasteiger partial charge in [-0.05, 0) is 55.4 Å². The fourth-order valence-corrected chi connectivity index (χ4v) is 10.2. The minimum Gasteiger partial charge on any atom is -0.443 e. The van der Waals surface area contributed by atoms with Gasteiger partial charge in [0, 0.05) is 11.6 Å². The van der Waals surface area contributed by atoms with Crippen LogP contribution >= 0.6 is 0 Å². The standard InChI is InChI=1S/C27H39NO3Si/c1-19(2)32(20(3)4,21(5)6)15-14-22(18-29)16-23-17-28(26(30)31-27(7,8)9)25-13-11-10-12-24(23)25/h10-13,17-22H,16H2,1-9H3. The third kappa shape index (κ3) is 5.53. The highest BCUT2D eigenvalue weighted by molar-refractivity contribution is 6.90. The third-order valence-corrected chi connectivity index (χ3v) is 12.6. The summed E-state index contributed by atoms with van der Waals surface area (Å²) in [6.45, 7) is 19.2. The number of ether oxygens (including phenoxy) is 1. The average Bonchev–Trinajstić information content (AvgIpc) is 3.04. The number of hydrogen-bond acceptors (Lipinski definition) is 3. The predicted molar refractivity (Wildman–Crippen MR) is 136 cm³/mol. The summed E-state index contributed by atoms with van der Waals surface area (Å²) in [5.41, 5.74) is 6.33. The number of hydrogen-bond donors (Lipinski definition) is 0. The van der Waals surface area contributed by atoms with Crippen molar-refractivity contribution in [2.75, 3.05) is 0 Å². The van der Waals surface area contributed by atoms with Gasteiger partial charge in [0.05, 0.1) is 11.4 Å². The first-order valence-electron chi connectivity index (χ1n) is 11.6. The lowest BCUT2D eigenvalue weighted by atomic mass is 10.0. The molecule has 5 heteroatoms. The zero-order valence-corrected chi connectivity index (χ0v) is 22.2. The molecule has 0 bridgehead atoms. The van der Waals surface area contributed by atoms with Crippen LogP contribution in [0.4, 0.5) is 4.79 Å². The Morgan fingerprint density at radius 1 is 1.06 bits per heavy atom. The average molecular weight is 454 g/mol. The first kappa shape index (κ1) is 25.9. The highest BCUT2D eigenvalue weighted by Crippen LogP contribution is 2.40. The fraction of sp³-hybridized carbons (Fsp3) is 0.556. The van der Waals surface area contributed by atoms with Gasteiger partial charge < -0.3 is 9.53 Å². The van der Waals surface area contributed by atoms with E-state index in [1.165, 1.54) is 0 Å². The van der Waals surface area contributed by atoms with E-state index in [0.29, 0.717) is 23.0 Å². The zero-order chi connectivity index (χ0) is 24.3. The Bertz CT molecular complexity index is 993. The molecule has 0 radical (unpaired) electrons. The van der Waals surface area contributed by atoms with Crippen LogP contribution in [0.15, 0.2) is 30.5 Å². The lowest BCUT2D eigenvalue weighted by Crippen LogP contribution is -2.43. The molecule has 0 fully saturated rings. The first-order chi connectivity index (χ1) is 14.8. The minimum absolute atomic E-state index is 0.406. The number of fused-ring (bicyclic) bond motifs is 1. The van der Waals surface area contributed by atoms with Crippen molar-refractivity contribution < 1.29 is 14.3 Å². The molecule has 1 unspecified atom stereocenters. The Hall–Kier alpha value is -2.32. The molecular formula is C27H39NO3Si. The maximum absolute atomic E-state index is 12.8. The van der Waals surface area contributed by atoms with Crippen molar-refractivity contribution in [3.63, 3.8) is 0 Å². The van der Waals surface area contributed by atoms with Crippen LogP contribution in [0.3, 0.4) is 0 Å². The maximum atomic E-state index is 12.8. The molecule has 32 heavy (non-hydrogen) atoms. The first-order valence-corrected chi connectivity index (χ1v) is 13.9. The van der Waals surface area contributed by atoms with Gasteiger partial charge in [-0.1, -0.05) is 65.7 Å². The molecular weight excluding hydrogens is 414 g/mol. The topological polar surface area (TPSA) is 48.3 Å². The summed E-state index contributed by atoms with van der Waals surface area (Å²) < 4.78 is 7.12. The van der Waals surface area contributed by atoms with Crippen LogP contribution in [0.2, 0.25) is 16.6 Å². The molecule has 1 atom stereocenters. The van der Waals surface area contributed by atoms with Crippen LogP contribution in [0.1, 0.15) is 67.9 Å². The predicted octanol–water partition coefficient (Wildman–Crippen LogP) is 7.00. The van der Waals surface area contributed by atoms with Gasteiger partial charge in [-0.25, -0.2) is 4.79 Å². The second-order valence-electron chi connectivity index (χ2n) is 10.6. The van der Waals surface area contributed by atoms with E-state index in [9.17, 15) is 9.59 Å². The van der Waals surface area contributed by atoms with Gasteiger partial charge in [0.2, 0.25) is 0 Å². The van der Waals surface area contributed by atoms with Gasteiger partial charge >= 0.3 is 6.09 Å². The summed E-state index contributed by atoms with van der Waals surface area (Å²) in [4.78, 5) is 24.8. The zero-order valence-electron chi connectivity index (χ0n) is 21.2. The van der Waals surface area contributed by atoms with Gasteiger partial charge in [0.15, 0.2) is 0 Å². The van der Waals surface area contributed by atoms with Gasteiger partial charge in [-0.15, -0.1) is 5.54 Å². The van der Waals surface area contributed by atoms with Crippen LogP contribution in [-0.2, 0) is 16.0 Å². The second-order valence-corrected chi connectivity index (χ2v) is 16.2. The van der Waals surface area contributed by atoms with Gasteiger partial charge in [0.1, 0.15) is 20.0 Å². The number of carbonyl (C=O) groups excluding carboxylic acids is 2. The number of nitrogens with zero attached hydrogens (tertiary/aromatic N) is 1. The quantitative estimate of drug-likeness (QED) is 0.269. The Morgan fingerprint density at radius 3 is 2.12 bits per heavy atom. The van der Waals surface area contributed by atoms with E-state index < -0.39 is 25.7 Å². The molecule has 0 aliphatic heterocycles. The second kappa shape index (κ2) is 10.1. The smallest absolute Gasteiger partial charge is 0.419 e. The lowest BCUT2D eigenvalue weighted by molar-refractivity contribution is -0.109. The summed E-state index contributed by atoms with van der Waals surface area (Å²) in [6.07, 6.45) is 2.81. The van der Waals surface area contributed by atoms with Crippen molar-refractivity contribution >= 4 is 31.4 Å². The number of para-hydroxylation sites is 1. The van der Waals surface area contributed by atoms with Crippen LogP contribution in [0, 0.1) is 17.4 Å². The van der Waals surface area contributed by atoms with E-state index in [1.54, 1.807) is 10.8 Å². The molecule has 0 spiro atoms.